The lowest BCUT2D eigenvalue weighted by Gasteiger charge is -2.34. The van der Waals surface area contributed by atoms with Crippen molar-refractivity contribution in [2.24, 2.45) is 5.41 Å². The summed E-state index contributed by atoms with van der Waals surface area (Å²) in [4.78, 5) is 30.2. The Morgan fingerprint density at radius 3 is 2.38 bits per heavy atom. The molecule has 156 valence electrons. The summed E-state index contributed by atoms with van der Waals surface area (Å²) in [7, 11) is 1.40. The van der Waals surface area contributed by atoms with Crippen LogP contribution in [0.15, 0.2) is 42.7 Å². The van der Waals surface area contributed by atoms with E-state index >= 15 is 0 Å². The number of rotatable bonds is 2. The van der Waals surface area contributed by atoms with Gasteiger partial charge in [-0.1, -0.05) is 33.8 Å². The molecular formula is C24H32N2O3. The molecule has 1 fully saturated rings. The number of aromatic nitrogens is 1. The van der Waals surface area contributed by atoms with E-state index in [1.165, 1.54) is 18.2 Å². The number of ether oxygens (including phenoxy) is 1. The molecule has 5 heteroatoms. The highest BCUT2D eigenvalue weighted by atomic mass is 16.5. The molecule has 1 saturated heterocycles. The fourth-order valence-corrected chi connectivity index (χ4v) is 4.11. The maximum absolute atomic E-state index is 12.6. The summed E-state index contributed by atoms with van der Waals surface area (Å²) < 4.78 is 4.80. The second-order valence-electron chi connectivity index (χ2n) is 7.01. The second-order valence-corrected chi connectivity index (χ2v) is 7.01. The first-order valence-electron chi connectivity index (χ1n) is 10.5. The van der Waals surface area contributed by atoms with Gasteiger partial charge in [0.2, 0.25) is 5.91 Å². The quantitative estimate of drug-likeness (QED) is 0.682. The highest BCUT2D eigenvalue weighted by Gasteiger charge is 2.45. The molecular weight excluding hydrogens is 364 g/mol. The molecule has 5 nitrogen and oxygen atoms in total. The lowest BCUT2D eigenvalue weighted by Crippen LogP contribution is -2.33. The average Bonchev–Trinajstić information content (AvgIpc) is 3.11. The number of carbonyl (C=O) groups is 2. The van der Waals surface area contributed by atoms with E-state index in [0.29, 0.717) is 12.0 Å². The first-order valence-corrected chi connectivity index (χ1v) is 10.5. The van der Waals surface area contributed by atoms with Crippen molar-refractivity contribution in [2.75, 3.05) is 18.6 Å². The smallest absolute Gasteiger partial charge is 0.337 e. The van der Waals surface area contributed by atoms with Crippen LogP contribution in [0.5, 0.6) is 0 Å². The normalized spacial score (nSPS) is 19.5. The van der Waals surface area contributed by atoms with Crippen LogP contribution < -0.4 is 4.90 Å². The molecule has 2 aromatic rings. The van der Waals surface area contributed by atoms with Gasteiger partial charge in [0.25, 0.3) is 0 Å². The lowest BCUT2D eigenvalue weighted by atomic mass is 9.71. The van der Waals surface area contributed by atoms with Gasteiger partial charge < -0.3 is 9.64 Å². The molecule has 1 aliphatic carbocycles. The van der Waals surface area contributed by atoms with Gasteiger partial charge in [-0.3, -0.25) is 9.78 Å². The third-order valence-corrected chi connectivity index (χ3v) is 5.41. The molecule has 1 spiro atoms. The average molecular weight is 397 g/mol. The SMILES string of the molecule is CC.CC.COC(=O)c1ccc2c(c1)CCC1(CC(=O)N(c3ccncc3)C1)C2. The van der Waals surface area contributed by atoms with Gasteiger partial charge in [0.05, 0.1) is 12.7 Å². The Morgan fingerprint density at radius 1 is 1.03 bits per heavy atom. The van der Waals surface area contributed by atoms with E-state index in [0.717, 1.165) is 31.5 Å². The first kappa shape index (κ1) is 22.6. The number of carbonyl (C=O) groups excluding carboxylic acids is 2. The number of amides is 1. The molecule has 29 heavy (non-hydrogen) atoms. The van der Waals surface area contributed by atoms with Gasteiger partial charge in [-0.15, -0.1) is 0 Å². The molecule has 1 amide bonds. The number of hydrogen-bond donors (Lipinski definition) is 0. The highest BCUT2D eigenvalue weighted by Crippen LogP contribution is 2.44. The van der Waals surface area contributed by atoms with Crippen molar-refractivity contribution in [1.29, 1.82) is 0 Å². The van der Waals surface area contributed by atoms with Crippen LogP contribution >= 0.6 is 0 Å². The Labute approximate surface area is 174 Å². The van der Waals surface area contributed by atoms with Crippen LogP contribution in [0.2, 0.25) is 0 Å². The molecule has 2 aliphatic rings. The molecule has 0 bridgehead atoms. The standard InChI is InChI=1S/C20H20N2O3.2C2H6/c1-25-19(24)15-2-3-16-11-20(7-4-14(16)10-15)12-18(23)22(13-20)17-5-8-21-9-6-17;2*1-2/h2-3,5-6,8-10H,4,7,11-13H2,1H3;2*1-2H3. The van der Waals surface area contributed by atoms with E-state index in [4.69, 9.17) is 4.74 Å². The molecule has 2 heterocycles. The molecule has 1 aromatic heterocycles. The topological polar surface area (TPSA) is 59.5 Å². The number of anilines is 1. The summed E-state index contributed by atoms with van der Waals surface area (Å²) in [5, 5.41) is 0. The van der Waals surface area contributed by atoms with Crippen molar-refractivity contribution >= 4 is 17.6 Å². The monoisotopic (exact) mass is 396 g/mol. The third kappa shape index (κ3) is 4.84. The maximum Gasteiger partial charge on any atom is 0.337 e. The van der Waals surface area contributed by atoms with Crippen molar-refractivity contribution in [1.82, 2.24) is 4.98 Å². The Bertz CT molecular complexity index is 835. The number of hydrogen-bond acceptors (Lipinski definition) is 4. The zero-order valence-electron chi connectivity index (χ0n) is 18.2. The van der Waals surface area contributed by atoms with E-state index in [2.05, 4.69) is 4.98 Å². The second kappa shape index (κ2) is 10.2. The summed E-state index contributed by atoms with van der Waals surface area (Å²) in [6.45, 7) is 8.74. The Kier molecular flexibility index (Phi) is 7.94. The van der Waals surface area contributed by atoms with Crippen LogP contribution in [0.3, 0.4) is 0 Å². The summed E-state index contributed by atoms with van der Waals surface area (Å²) in [5.41, 5.74) is 3.94. The number of aryl methyl sites for hydroxylation is 1. The summed E-state index contributed by atoms with van der Waals surface area (Å²) in [6.07, 6.45) is 6.73. The third-order valence-electron chi connectivity index (χ3n) is 5.41. The molecule has 0 radical (unpaired) electrons. The van der Waals surface area contributed by atoms with Gasteiger partial charge in [0, 0.05) is 36.5 Å². The van der Waals surface area contributed by atoms with Gasteiger partial charge in [0.1, 0.15) is 0 Å². The summed E-state index contributed by atoms with van der Waals surface area (Å²) >= 11 is 0. The van der Waals surface area contributed by atoms with Crippen LogP contribution in [0.25, 0.3) is 0 Å². The van der Waals surface area contributed by atoms with Gasteiger partial charge in [-0.05, 0) is 54.7 Å². The van der Waals surface area contributed by atoms with Crippen LogP contribution in [0, 0.1) is 5.41 Å². The van der Waals surface area contributed by atoms with Crippen molar-refractivity contribution in [3.05, 3.63) is 59.4 Å². The van der Waals surface area contributed by atoms with E-state index in [-0.39, 0.29) is 17.3 Å². The number of fused-ring (bicyclic) bond motifs is 1. The zero-order chi connectivity index (χ0) is 21.4. The van der Waals surface area contributed by atoms with Crippen molar-refractivity contribution < 1.29 is 14.3 Å². The minimum Gasteiger partial charge on any atom is -0.465 e. The van der Waals surface area contributed by atoms with Crippen LogP contribution in [0.1, 0.15) is 62.0 Å². The Morgan fingerprint density at radius 2 is 1.72 bits per heavy atom. The van der Waals surface area contributed by atoms with Gasteiger partial charge in [-0.25, -0.2) is 4.79 Å². The fourth-order valence-electron chi connectivity index (χ4n) is 4.11. The largest absolute Gasteiger partial charge is 0.465 e. The predicted molar refractivity (Wildman–Crippen MR) is 116 cm³/mol. The Balaban J connectivity index is 0.000000707. The number of pyridine rings is 1. The van der Waals surface area contributed by atoms with E-state index in [1.54, 1.807) is 12.4 Å². The zero-order valence-corrected chi connectivity index (χ0v) is 18.2. The van der Waals surface area contributed by atoms with Gasteiger partial charge in [-0.2, -0.15) is 0 Å². The van der Waals surface area contributed by atoms with Crippen LogP contribution in [-0.2, 0) is 22.4 Å². The minimum atomic E-state index is -0.303. The van der Waals surface area contributed by atoms with E-state index in [9.17, 15) is 9.59 Å². The van der Waals surface area contributed by atoms with Gasteiger partial charge in [0.15, 0.2) is 0 Å². The van der Waals surface area contributed by atoms with E-state index in [1.807, 2.05) is 62.9 Å². The molecule has 1 atom stereocenters. The molecule has 4 rings (SSSR count). The lowest BCUT2D eigenvalue weighted by molar-refractivity contribution is -0.117. The highest BCUT2D eigenvalue weighted by molar-refractivity contribution is 5.96. The van der Waals surface area contributed by atoms with Crippen molar-refractivity contribution in [3.63, 3.8) is 0 Å². The summed E-state index contributed by atoms with van der Waals surface area (Å²) in [5.74, 6) is -0.121. The number of methoxy groups -OCH3 is 1. The number of benzene rings is 1. The molecule has 1 aliphatic heterocycles. The van der Waals surface area contributed by atoms with E-state index < -0.39 is 0 Å². The number of esters is 1. The van der Waals surface area contributed by atoms with Crippen LogP contribution in [-0.4, -0.2) is 30.5 Å². The number of nitrogens with zero attached hydrogens (tertiary/aromatic N) is 2. The minimum absolute atomic E-state index is 0.0138. The van der Waals surface area contributed by atoms with Crippen LogP contribution in [0.4, 0.5) is 5.69 Å². The fraction of sp³-hybridized carbons (Fsp3) is 0.458. The van der Waals surface area contributed by atoms with Crippen molar-refractivity contribution in [3.8, 4) is 0 Å². The Hall–Kier alpha value is -2.69. The molecule has 1 unspecified atom stereocenters. The molecule has 1 aromatic carbocycles. The van der Waals surface area contributed by atoms with Gasteiger partial charge >= 0.3 is 5.97 Å². The predicted octanol–water partition coefficient (Wildman–Crippen LogP) is 4.83. The first-order chi connectivity index (χ1) is 14.1. The van der Waals surface area contributed by atoms with Crippen molar-refractivity contribution in [2.45, 2.75) is 53.4 Å². The summed E-state index contributed by atoms with van der Waals surface area (Å²) in [6, 6.07) is 9.54. The maximum atomic E-state index is 12.6. The molecule has 0 saturated carbocycles. The molecule has 0 N–H and O–H groups in total.